The normalized spacial score (nSPS) is 16.3. The number of carbonyl (C=O) groups is 3. The molecule has 10 heteroatoms. The van der Waals surface area contributed by atoms with Gasteiger partial charge in [0, 0.05) is 11.3 Å². The summed E-state index contributed by atoms with van der Waals surface area (Å²) in [5.41, 5.74) is 0.375. The number of ether oxygens (including phenoxy) is 1. The Bertz CT molecular complexity index is 828. The molecule has 1 aromatic carbocycles. The molecule has 30 heavy (non-hydrogen) atoms. The molecule has 1 heterocycles. The minimum atomic E-state index is -2.43. The van der Waals surface area contributed by atoms with E-state index in [1.165, 1.54) is 12.1 Å². The predicted molar refractivity (Wildman–Crippen MR) is 111 cm³/mol. The molecule has 9 nitrogen and oxygen atoms in total. The number of esters is 1. The average molecular weight is 437 g/mol. The van der Waals surface area contributed by atoms with E-state index >= 15 is 0 Å². The van der Waals surface area contributed by atoms with E-state index < -0.39 is 49.7 Å². The summed E-state index contributed by atoms with van der Waals surface area (Å²) in [6.45, 7) is 9.30. The topological polar surface area (TPSA) is 116 Å². The number of hydrogen-bond acceptors (Lipinski definition) is 7. The number of methoxy groups -OCH3 is 1. The molecule has 0 radical (unpaired) electrons. The molecule has 0 fully saturated rings. The lowest BCUT2D eigenvalue weighted by Crippen LogP contribution is -2.51. The minimum Gasteiger partial charge on any atom is -0.467 e. The third-order valence-electron chi connectivity index (χ3n) is 5.72. The Morgan fingerprint density at radius 2 is 1.67 bits per heavy atom. The Balaban J connectivity index is 2.38. The van der Waals surface area contributed by atoms with Crippen LogP contribution in [0.1, 0.15) is 47.9 Å². The van der Waals surface area contributed by atoms with Crippen LogP contribution in [0.2, 0.25) is 18.1 Å². The van der Waals surface area contributed by atoms with Gasteiger partial charge in [0.1, 0.15) is 12.1 Å². The van der Waals surface area contributed by atoms with Crippen LogP contribution in [0.4, 0.5) is 0 Å². The second-order valence-electron chi connectivity index (χ2n) is 8.82. The number of carbonyl (C=O) groups excluding carboxylic acids is 3. The van der Waals surface area contributed by atoms with E-state index in [0.717, 1.165) is 12.0 Å². The van der Waals surface area contributed by atoms with Crippen molar-refractivity contribution in [3.63, 3.8) is 0 Å². The number of nitrogens with zero attached hydrogens (tertiary/aromatic N) is 2. The first kappa shape index (κ1) is 23.7. The van der Waals surface area contributed by atoms with Gasteiger partial charge < -0.3 is 9.16 Å². The summed E-state index contributed by atoms with van der Waals surface area (Å²) in [4.78, 5) is 49.8. The zero-order valence-electron chi connectivity index (χ0n) is 18.1. The Morgan fingerprint density at radius 3 is 2.07 bits per heavy atom. The SMILES string of the molecule is COC(=O)[C@H](CC(C[N+](=O)[O-])O[Si](C)(C)C(C)(C)C)N1C(=O)c2ccccc2C1=O. The number of amides is 2. The molecule has 2 rings (SSSR count). The monoisotopic (exact) mass is 436 g/mol. The molecule has 0 N–H and O–H groups in total. The maximum atomic E-state index is 12.8. The maximum Gasteiger partial charge on any atom is 0.329 e. The van der Waals surface area contributed by atoms with Crippen molar-refractivity contribution < 1.29 is 28.5 Å². The highest BCUT2D eigenvalue weighted by Gasteiger charge is 2.46. The molecule has 2 atom stereocenters. The molecule has 0 spiro atoms. The van der Waals surface area contributed by atoms with Gasteiger partial charge in [-0.1, -0.05) is 32.9 Å². The van der Waals surface area contributed by atoms with Gasteiger partial charge in [-0.3, -0.25) is 24.6 Å². The molecule has 1 aliphatic rings. The van der Waals surface area contributed by atoms with E-state index in [-0.39, 0.29) is 22.6 Å². The lowest BCUT2D eigenvalue weighted by atomic mass is 10.1. The molecule has 1 aromatic rings. The fraction of sp³-hybridized carbons (Fsp3) is 0.550. The molecule has 1 unspecified atom stereocenters. The van der Waals surface area contributed by atoms with Crippen molar-refractivity contribution in [1.29, 1.82) is 0 Å². The molecular weight excluding hydrogens is 408 g/mol. The van der Waals surface area contributed by atoms with Crippen LogP contribution in [0.5, 0.6) is 0 Å². The third-order valence-corrected chi connectivity index (χ3v) is 10.3. The van der Waals surface area contributed by atoms with Crippen molar-refractivity contribution in [3.05, 3.63) is 45.5 Å². The highest BCUT2D eigenvalue weighted by atomic mass is 28.4. The molecule has 164 valence electrons. The lowest BCUT2D eigenvalue weighted by molar-refractivity contribution is -0.489. The van der Waals surface area contributed by atoms with Crippen molar-refractivity contribution in [2.75, 3.05) is 13.7 Å². The fourth-order valence-electron chi connectivity index (χ4n) is 3.10. The highest BCUT2D eigenvalue weighted by Crippen LogP contribution is 2.38. The Labute approximate surface area is 176 Å². The second-order valence-corrected chi connectivity index (χ2v) is 13.6. The lowest BCUT2D eigenvalue weighted by Gasteiger charge is -2.39. The number of imide groups is 1. The Hall–Kier alpha value is -2.59. The predicted octanol–water partition coefficient (Wildman–Crippen LogP) is 2.88. The summed E-state index contributed by atoms with van der Waals surface area (Å²) < 4.78 is 11.0. The van der Waals surface area contributed by atoms with Crippen molar-refractivity contribution in [3.8, 4) is 0 Å². The highest BCUT2D eigenvalue weighted by molar-refractivity contribution is 6.74. The first-order valence-corrected chi connectivity index (χ1v) is 12.6. The first-order valence-electron chi connectivity index (χ1n) is 9.64. The van der Waals surface area contributed by atoms with Crippen molar-refractivity contribution >= 4 is 26.1 Å². The number of hydrogen-bond donors (Lipinski definition) is 0. The van der Waals surface area contributed by atoms with Crippen LogP contribution in [0, 0.1) is 10.1 Å². The van der Waals surface area contributed by atoms with Crippen LogP contribution in [0.25, 0.3) is 0 Å². The first-order chi connectivity index (χ1) is 13.8. The standard InChI is InChI=1S/C20H28N2O7Si/c1-20(2,3)30(5,6)29-13(12-21(26)27)11-16(19(25)28-4)22-17(23)14-9-7-8-10-15(14)18(22)24/h7-10,13,16H,11-12H2,1-6H3/t13?,16-/m0/s1. The molecular formula is C20H28N2O7Si. The van der Waals surface area contributed by atoms with E-state index in [2.05, 4.69) is 0 Å². The van der Waals surface area contributed by atoms with Crippen molar-refractivity contribution in [2.45, 2.75) is 57.5 Å². The summed E-state index contributed by atoms with van der Waals surface area (Å²) >= 11 is 0. The minimum absolute atomic E-state index is 0.188. The number of nitro groups is 1. The fourth-order valence-corrected chi connectivity index (χ4v) is 4.46. The molecule has 0 aliphatic carbocycles. The smallest absolute Gasteiger partial charge is 0.329 e. The van der Waals surface area contributed by atoms with Crippen LogP contribution in [0.3, 0.4) is 0 Å². The van der Waals surface area contributed by atoms with Gasteiger partial charge in [0.2, 0.25) is 6.54 Å². The van der Waals surface area contributed by atoms with Crippen LogP contribution < -0.4 is 0 Å². The zero-order valence-corrected chi connectivity index (χ0v) is 19.1. The van der Waals surface area contributed by atoms with Gasteiger partial charge >= 0.3 is 5.97 Å². The molecule has 0 saturated heterocycles. The average Bonchev–Trinajstić information content (AvgIpc) is 2.88. The molecule has 0 saturated carbocycles. The second kappa shape index (κ2) is 8.64. The van der Waals surface area contributed by atoms with E-state index in [4.69, 9.17) is 9.16 Å². The maximum absolute atomic E-state index is 12.8. The Morgan fingerprint density at radius 1 is 1.17 bits per heavy atom. The van der Waals surface area contributed by atoms with Gasteiger partial charge in [0.05, 0.1) is 18.2 Å². The molecule has 1 aliphatic heterocycles. The number of benzene rings is 1. The van der Waals surface area contributed by atoms with Gasteiger partial charge in [-0.05, 0) is 30.3 Å². The van der Waals surface area contributed by atoms with Crippen molar-refractivity contribution in [2.24, 2.45) is 0 Å². The summed E-state index contributed by atoms with van der Waals surface area (Å²) in [5, 5.41) is 11.0. The van der Waals surface area contributed by atoms with Gasteiger partial charge in [-0.25, -0.2) is 4.79 Å². The van der Waals surface area contributed by atoms with Gasteiger partial charge in [-0.15, -0.1) is 0 Å². The van der Waals surface area contributed by atoms with Crippen LogP contribution in [-0.2, 0) is 14.0 Å². The van der Waals surface area contributed by atoms with Gasteiger partial charge in [0.15, 0.2) is 8.32 Å². The number of fused-ring (bicyclic) bond motifs is 1. The van der Waals surface area contributed by atoms with E-state index in [9.17, 15) is 24.5 Å². The molecule has 0 bridgehead atoms. The van der Waals surface area contributed by atoms with Crippen LogP contribution in [-0.4, -0.2) is 61.7 Å². The van der Waals surface area contributed by atoms with E-state index in [0.29, 0.717) is 0 Å². The largest absolute Gasteiger partial charge is 0.467 e. The third kappa shape index (κ3) is 4.76. The zero-order chi connectivity index (χ0) is 22.9. The van der Waals surface area contributed by atoms with E-state index in [1.54, 1.807) is 12.1 Å². The number of rotatable bonds is 8. The van der Waals surface area contributed by atoms with Gasteiger partial charge in [-0.2, -0.15) is 0 Å². The van der Waals surface area contributed by atoms with Gasteiger partial charge in [0.25, 0.3) is 11.8 Å². The summed E-state index contributed by atoms with van der Waals surface area (Å²) in [6, 6.07) is 4.93. The van der Waals surface area contributed by atoms with Crippen LogP contribution >= 0.6 is 0 Å². The van der Waals surface area contributed by atoms with Crippen LogP contribution in [0.15, 0.2) is 24.3 Å². The summed E-state index contributed by atoms with van der Waals surface area (Å²) in [5.74, 6) is -2.08. The van der Waals surface area contributed by atoms with E-state index in [1.807, 2.05) is 33.9 Å². The summed E-state index contributed by atoms with van der Waals surface area (Å²) in [7, 11) is -1.29. The van der Waals surface area contributed by atoms with Crippen molar-refractivity contribution in [1.82, 2.24) is 4.90 Å². The Kier molecular flexibility index (Phi) is 6.82. The molecule has 0 aromatic heterocycles. The summed E-state index contributed by atoms with van der Waals surface area (Å²) in [6.07, 6.45) is -1.18. The quantitative estimate of drug-likeness (QED) is 0.202. The molecule has 2 amide bonds.